The lowest BCUT2D eigenvalue weighted by atomic mass is 9.77. The first kappa shape index (κ1) is 24.5. The fraction of sp³-hybridized carbons (Fsp3) is 0.357. The van der Waals surface area contributed by atoms with E-state index < -0.39 is 4.92 Å². The van der Waals surface area contributed by atoms with Gasteiger partial charge in [0.2, 0.25) is 5.91 Å². The molecule has 2 aliphatic rings. The molecule has 9 nitrogen and oxygen atoms in total. The molecule has 0 bridgehead atoms. The standard InChI is InChI=1S/C28H29N3O6/c1-36-21-6-4-5-20(17-21)18-26(32)29-14-11-28(12-15-29)13-16-30(19-28)27(33)25-10-9-24(37-25)22-7-2-3-8-23(22)31(34)35/h2-10,17H,11-16,18-19H2,1H3. The Balaban J connectivity index is 1.19. The summed E-state index contributed by atoms with van der Waals surface area (Å²) in [5, 5.41) is 11.4. The topological polar surface area (TPSA) is 106 Å². The summed E-state index contributed by atoms with van der Waals surface area (Å²) >= 11 is 0. The molecule has 5 rings (SSSR count). The van der Waals surface area contributed by atoms with Crippen LogP contribution in [0.15, 0.2) is 65.1 Å². The van der Waals surface area contributed by atoms with Crippen LogP contribution in [-0.2, 0) is 11.2 Å². The van der Waals surface area contributed by atoms with Crippen LogP contribution in [0.3, 0.4) is 0 Å². The zero-order valence-corrected chi connectivity index (χ0v) is 20.7. The van der Waals surface area contributed by atoms with Gasteiger partial charge in [-0.05, 0) is 60.6 Å². The molecule has 2 aromatic carbocycles. The molecule has 0 saturated carbocycles. The Labute approximate surface area is 214 Å². The molecule has 2 aliphatic heterocycles. The monoisotopic (exact) mass is 503 g/mol. The average molecular weight is 504 g/mol. The van der Waals surface area contributed by atoms with Gasteiger partial charge in [0.05, 0.1) is 24.0 Å². The van der Waals surface area contributed by atoms with E-state index in [4.69, 9.17) is 9.15 Å². The van der Waals surface area contributed by atoms with E-state index in [1.165, 1.54) is 6.07 Å². The van der Waals surface area contributed by atoms with E-state index >= 15 is 0 Å². The zero-order chi connectivity index (χ0) is 26.0. The highest BCUT2D eigenvalue weighted by Gasteiger charge is 2.43. The van der Waals surface area contributed by atoms with Gasteiger partial charge >= 0.3 is 0 Å². The number of hydrogen-bond donors (Lipinski definition) is 0. The molecule has 2 amide bonds. The van der Waals surface area contributed by atoms with Gasteiger partial charge in [0.15, 0.2) is 5.76 Å². The molecule has 3 aromatic rings. The predicted octanol–water partition coefficient (Wildman–Crippen LogP) is 4.56. The number of carbonyl (C=O) groups is 2. The van der Waals surface area contributed by atoms with Crippen LogP contribution >= 0.6 is 0 Å². The van der Waals surface area contributed by atoms with Crippen molar-refractivity contribution in [1.82, 2.24) is 9.80 Å². The minimum absolute atomic E-state index is 0.00392. The van der Waals surface area contributed by atoms with Crippen LogP contribution in [-0.4, -0.2) is 59.8 Å². The maximum Gasteiger partial charge on any atom is 0.289 e. The van der Waals surface area contributed by atoms with Crippen molar-refractivity contribution in [3.8, 4) is 17.1 Å². The molecule has 3 heterocycles. The number of furan rings is 1. The third-order valence-electron chi connectivity index (χ3n) is 7.57. The van der Waals surface area contributed by atoms with Gasteiger partial charge in [-0.25, -0.2) is 0 Å². The lowest BCUT2D eigenvalue weighted by molar-refractivity contribution is -0.384. The molecule has 0 N–H and O–H groups in total. The number of nitro groups is 1. The highest BCUT2D eigenvalue weighted by molar-refractivity contribution is 5.92. The molecule has 1 aromatic heterocycles. The number of carbonyl (C=O) groups excluding carboxylic acids is 2. The van der Waals surface area contributed by atoms with E-state index in [1.54, 1.807) is 42.3 Å². The molecule has 2 saturated heterocycles. The first-order valence-corrected chi connectivity index (χ1v) is 12.4. The lowest BCUT2D eigenvalue weighted by Crippen LogP contribution is -2.45. The van der Waals surface area contributed by atoms with Gasteiger partial charge in [-0.2, -0.15) is 0 Å². The smallest absolute Gasteiger partial charge is 0.289 e. The molecule has 0 aliphatic carbocycles. The normalized spacial score (nSPS) is 16.7. The third-order valence-corrected chi connectivity index (χ3v) is 7.57. The van der Waals surface area contributed by atoms with Crippen molar-refractivity contribution in [2.75, 3.05) is 33.3 Å². The first-order valence-electron chi connectivity index (χ1n) is 12.4. The van der Waals surface area contributed by atoms with Crippen molar-refractivity contribution in [1.29, 1.82) is 0 Å². The van der Waals surface area contributed by atoms with Crippen LogP contribution in [0.2, 0.25) is 0 Å². The van der Waals surface area contributed by atoms with E-state index in [0.717, 1.165) is 30.6 Å². The fourth-order valence-electron chi connectivity index (χ4n) is 5.41. The second-order valence-corrected chi connectivity index (χ2v) is 9.82. The molecule has 0 unspecified atom stereocenters. The highest BCUT2D eigenvalue weighted by Crippen LogP contribution is 2.41. The van der Waals surface area contributed by atoms with Crippen LogP contribution in [0, 0.1) is 15.5 Å². The number of rotatable bonds is 6. The van der Waals surface area contributed by atoms with Crippen LogP contribution < -0.4 is 4.74 Å². The number of benzene rings is 2. The summed E-state index contributed by atoms with van der Waals surface area (Å²) in [4.78, 5) is 40.7. The van der Waals surface area contributed by atoms with E-state index in [2.05, 4.69) is 0 Å². The summed E-state index contributed by atoms with van der Waals surface area (Å²) in [7, 11) is 1.61. The van der Waals surface area contributed by atoms with E-state index in [-0.39, 0.29) is 28.7 Å². The second kappa shape index (κ2) is 10.1. The first-order chi connectivity index (χ1) is 17.9. The van der Waals surface area contributed by atoms with E-state index in [1.807, 2.05) is 29.2 Å². The SMILES string of the molecule is COc1cccc(CC(=O)N2CCC3(CC2)CCN(C(=O)c2ccc(-c4ccccc4[N+](=O)[O-])o2)C3)c1. The van der Waals surface area contributed by atoms with Gasteiger partial charge in [-0.3, -0.25) is 19.7 Å². The van der Waals surface area contributed by atoms with Crippen molar-refractivity contribution in [2.45, 2.75) is 25.7 Å². The summed E-state index contributed by atoms with van der Waals surface area (Å²) in [6.07, 6.45) is 2.92. The maximum absolute atomic E-state index is 13.2. The van der Waals surface area contributed by atoms with Gasteiger partial charge in [0, 0.05) is 32.2 Å². The summed E-state index contributed by atoms with van der Waals surface area (Å²) in [5.41, 5.74) is 1.20. The van der Waals surface area contributed by atoms with E-state index in [0.29, 0.717) is 43.9 Å². The number of nitro benzene ring substituents is 1. The molecule has 2 fully saturated rings. The molecule has 0 radical (unpaired) electrons. The van der Waals surface area contributed by atoms with Gasteiger partial charge in [0.25, 0.3) is 11.6 Å². The summed E-state index contributed by atoms with van der Waals surface area (Å²) in [5.74, 6) is 1.11. The van der Waals surface area contributed by atoms with Crippen molar-refractivity contribution in [2.24, 2.45) is 5.41 Å². The number of ether oxygens (including phenoxy) is 1. The van der Waals surface area contributed by atoms with Crippen LogP contribution in [0.25, 0.3) is 11.3 Å². The highest BCUT2D eigenvalue weighted by atomic mass is 16.6. The Morgan fingerprint density at radius 2 is 1.73 bits per heavy atom. The molecular weight excluding hydrogens is 474 g/mol. The number of piperidine rings is 1. The summed E-state index contributed by atoms with van der Waals surface area (Å²) < 4.78 is 11.0. The van der Waals surface area contributed by atoms with Crippen LogP contribution in [0.5, 0.6) is 5.75 Å². The molecule has 0 atom stereocenters. The fourth-order valence-corrected chi connectivity index (χ4v) is 5.41. The van der Waals surface area contributed by atoms with Gasteiger partial charge < -0.3 is 19.0 Å². The van der Waals surface area contributed by atoms with Crippen molar-refractivity contribution in [3.63, 3.8) is 0 Å². The summed E-state index contributed by atoms with van der Waals surface area (Å²) in [6.45, 7) is 2.59. The Morgan fingerprint density at radius 3 is 2.46 bits per heavy atom. The Bertz CT molecular complexity index is 1320. The van der Waals surface area contributed by atoms with Crippen molar-refractivity contribution < 1.29 is 23.7 Å². The average Bonchev–Trinajstić information content (AvgIpc) is 3.57. The largest absolute Gasteiger partial charge is 0.497 e. The molecule has 1 spiro atoms. The molecule has 37 heavy (non-hydrogen) atoms. The quantitative estimate of drug-likeness (QED) is 0.361. The Morgan fingerprint density at radius 1 is 1.00 bits per heavy atom. The molecule has 192 valence electrons. The zero-order valence-electron chi connectivity index (χ0n) is 20.7. The molecule has 9 heteroatoms. The maximum atomic E-state index is 13.2. The Hall–Kier alpha value is -4.14. The minimum atomic E-state index is -0.461. The van der Waals surface area contributed by atoms with Crippen LogP contribution in [0.1, 0.15) is 35.4 Å². The van der Waals surface area contributed by atoms with Gasteiger partial charge in [-0.15, -0.1) is 0 Å². The van der Waals surface area contributed by atoms with Crippen LogP contribution in [0.4, 0.5) is 5.69 Å². The van der Waals surface area contributed by atoms with Gasteiger partial charge in [0.1, 0.15) is 11.5 Å². The number of hydrogen-bond acceptors (Lipinski definition) is 6. The lowest BCUT2D eigenvalue weighted by Gasteiger charge is -2.39. The number of methoxy groups -OCH3 is 1. The molecular formula is C28H29N3O6. The third kappa shape index (κ3) is 5.07. The van der Waals surface area contributed by atoms with Crippen molar-refractivity contribution in [3.05, 3.63) is 82.1 Å². The number of para-hydroxylation sites is 1. The second-order valence-electron chi connectivity index (χ2n) is 9.82. The number of likely N-dealkylation sites (tertiary alicyclic amines) is 2. The number of amides is 2. The summed E-state index contributed by atoms with van der Waals surface area (Å²) in [6, 6.07) is 17.1. The minimum Gasteiger partial charge on any atom is -0.497 e. The van der Waals surface area contributed by atoms with Gasteiger partial charge in [-0.1, -0.05) is 24.3 Å². The predicted molar refractivity (Wildman–Crippen MR) is 136 cm³/mol. The van der Waals surface area contributed by atoms with Crippen molar-refractivity contribution >= 4 is 17.5 Å². The van der Waals surface area contributed by atoms with E-state index in [9.17, 15) is 19.7 Å². The number of nitrogens with zero attached hydrogens (tertiary/aromatic N) is 3. The Kier molecular flexibility index (Phi) is 6.69.